The average molecular weight is 275 g/mol. The highest BCUT2D eigenvalue weighted by Crippen LogP contribution is 2.50. The fraction of sp³-hybridized carbons (Fsp3) is 0.917. The Bertz CT molecular complexity index is 410. The van der Waals surface area contributed by atoms with Gasteiger partial charge in [0.25, 0.3) is 0 Å². The molecule has 0 bridgehead atoms. The Morgan fingerprint density at radius 1 is 1.39 bits per heavy atom. The molecule has 0 aromatic carbocycles. The molecule has 104 valence electrons. The van der Waals surface area contributed by atoms with Crippen LogP contribution < -0.4 is 5.32 Å². The van der Waals surface area contributed by atoms with Crippen LogP contribution in [0.2, 0.25) is 0 Å². The lowest BCUT2D eigenvalue weighted by atomic mass is 10.1. The van der Waals surface area contributed by atoms with Crippen molar-refractivity contribution >= 4 is 15.8 Å². The fourth-order valence-corrected chi connectivity index (χ4v) is 4.07. The first-order valence-corrected chi connectivity index (χ1v) is 8.28. The number of carbonyl (C=O) groups is 1. The molecule has 0 atom stereocenters. The van der Waals surface area contributed by atoms with E-state index in [0.717, 1.165) is 25.7 Å². The van der Waals surface area contributed by atoms with Crippen LogP contribution in [-0.4, -0.2) is 45.6 Å². The molecule has 5 nitrogen and oxygen atoms in total. The largest absolute Gasteiger partial charge is 0.469 e. The molecular formula is C12H21NO4S. The van der Waals surface area contributed by atoms with Crippen LogP contribution in [0.15, 0.2) is 0 Å². The molecule has 0 amide bonds. The van der Waals surface area contributed by atoms with Gasteiger partial charge in [-0.05, 0) is 31.1 Å². The van der Waals surface area contributed by atoms with Gasteiger partial charge in [-0.1, -0.05) is 0 Å². The van der Waals surface area contributed by atoms with Gasteiger partial charge >= 0.3 is 5.97 Å². The zero-order valence-electron chi connectivity index (χ0n) is 10.8. The van der Waals surface area contributed by atoms with Crippen molar-refractivity contribution < 1.29 is 17.9 Å². The molecule has 0 radical (unpaired) electrons. The Morgan fingerprint density at radius 2 is 2.06 bits per heavy atom. The van der Waals surface area contributed by atoms with Crippen LogP contribution in [-0.2, 0) is 19.4 Å². The lowest BCUT2D eigenvalue weighted by Gasteiger charge is -2.14. The van der Waals surface area contributed by atoms with Gasteiger partial charge in [-0.25, -0.2) is 8.42 Å². The van der Waals surface area contributed by atoms with Crippen molar-refractivity contribution in [2.24, 2.45) is 5.41 Å². The fourth-order valence-electron chi connectivity index (χ4n) is 2.17. The van der Waals surface area contributed by atoms with Gasteiger partial charge in [-0.2, -0.15) is 0 Å². The minimum absolute atomic E-state index is 0.126. The van der Waals surface area contributed by atoms with E-state index in [1.54, 1.807) is 0 Å². The van der Waals surface area contributed by atoms with Gasteiger partial charge in [0.15, 0.2) is 9.84 Å². The van der Waals surface area contributed by atoms with Gasteiger partial charge in [0, 0.05) is 12.6 Å². The standard InChI is InChI=1S/C12H21NO4S/c1-17-11(14)8-12(4-5-12)9-18(15,16)7-6-13-10-2-3-10/h10,13H,2-9H2,1H3. The van der Waals surface area contributed by atoms with E-state index in [1.165, 1.54) is 7.11 Å². The molecule has 2 aliphatic carbocycles. The number of rotatable bonds is 8. The average Bonchev–Trinajstić information content (AvgIpc) is 3.16. The zero-order chi connectivity index (χ0) is 13.2. The van der Waals surface area contributed by atoms with E-state index in [9.17, 15) is 13.2 Å². The van der Waals surface area contributed by atoms with Gasteiger partial charge in [-0.15, -0.1) is 0 Å². The summed E-state index contributed by atoms with van der Waals surface area (Å²) in [6.07, 6.45) is 4.19. The second kappa shape index (κ2) is 5.17. The summed E-state index contributed by atoms with van der Waals surface area (Å²) in [6, 6.07) is 0.533. The van der Waals surface area contributed by atoms with Gasteiger partial charge in [0.1, 0.15) is 0 Å². The molecule has 0 aromatic rings. The third-order valence-electron chi connectivity index (χ3n) is 3.65. The summed E-state index contributed by atoms with van der Waals surface area (Å²) in [5.74, 6) is -0.00719. The maximum atomic E-state index is 12.0. The minimum Gasteiger partial charge on any atom is -0.469 e. The van der Waals surface area contributed by atoms with Crippen molar-refractivity contribution in [3.8, 4) is 0 Å². The first kappa shape index (κ1) is 13.8. The normalized spacial score (nSPS) is 21.6. The molecule has 0 unspecified atom stereocenters. The molecule has 1 N–H and O–H groups in total. The third-order valence-corrected chi connectivity index (χ3v) is 5.53. The number of esters is 1. The van der Waals surface area contributed by atoms with Crippen LogP contribution in [0.3, 0.4) is 0 Å². The maximum Gasteiger partial charge on any atom is 0.306 e. The highest BCUT2D eigenvalue weighted by Gasteiger charge is 2.47. The predicted octanol–water partition coefficient (Wildman–Crippen LogP) is 0.496. The van der Waals surface area contributed by atoms with E-state index in [4.69, 9.17) is 0 Å². The Morgan fingerprint density at radius 3 is 2.56 bits per heavy atom. The van der Waals surface area contributed by atoms with E-state index in [0.29, 0.717) is 12.6 Å². The number of hydrogen-bond acceptors (Lipinski definition) is 5. The van der Waals surface area contributed by atoms with E-state index >= 15 is 0 Å². The van der Waals surface area contributed by atoms with Crippen molar-refractivity contribution in [2.75, 3.05) is 25.2 Å². The molecule has 18 heavy (non-hydrogen) atoms. The second-order valence-corrected chi connectivity index (χ2v) is 7.76. The summed E-state index contributed by atoms with van der Waals surface area (Å²) >= 11 is 0. The van der Waals surface area contributed by atoms with Gasteiger partial charge in [0.05, 0.1) is 25.0 Å². The maximum absolute atomic E-state index is 12.0. The lowest BCUT2D eigenvalue weighted by Crippen LogP contribution is -2.29. The van der Waals surface area contributed by atoms with Crippen LogP contribution in [0.5, 0.6) is 0 Å². The Kier molecular flexibility index (Phi) is 3.96. The molecule has 2 rings (SSSR count). The van der Waals surface area contributed by atoms with Crippen LogP contribution in [0.1, 0.15) is 32.1 Å². The van der Waals surface area contributed by atoms with Crippen LogP contribution in [0, 0.1) is 5.41 Å². The van der Waals surface area contributed by atoms with E-state index in [-0.39, 0.29) is 29.3 Å². The summed E-state index contributed by atoms with van der Waals surface area (Å²) in [4.78, 5) is 11.2. The monoisotopic (exact) mass is 275 g/mol. The summed E-state index contributed by atoms with van der Waals surface area (Å²) in [7, 11) is -1.73. The van der Waals surface area contributed by atoms with Crippen molar-refractivity contribution in [1.29, 1.82) is 0 Å². The van der Waals surface area contributed by atoms with Gasteiger partial charge in [-0.3, -0.25) is 4.79 Å². The predicted molar refractivity (Wildman–Crippen MR) is 68.0 cm³/mol. The first-order chi connectivity index (χ1) is 8.45. The van der Waals surface area contributed by atoms with Crippen LogP contribution >= 0.6 is 0 Å². The number of carbonyl (C=O) groups excluding carboxylic acids is 1. The second-order valence-electron chi connectivity index (χ2n) is 5.57. The molecule has 2 fully saturated rings. The van der Waals surface area contributed by atoms with Gasteiger partial charge < -0.3 is 10.1 Å². The molecule has 0 saturated heterocycles. The molecule has 0 aliphatic heterocycles. The number of sulfone groups is 1. The third kappa shape index (κ3) is 4.24. The molecular weight excluding hydrogens is 254 g/mol. The van der Waals surface area contributed by atoms with E-state index < -0.39 is 9.84 Å². The smallest absolute Gasteiger partial charge is 0.306 e. The highest BCUT2D eigenvalue weighted by molar-refractivity contribution is 7.91. The minimum atomic E-state index is -3.07. The topological polar surface area (TPSA) is 72.5 Å². The number of methoxy groups -OCH3 is 1. The number of nitrogens with one attached hydrogen (secondary N) is 1. The van der Waals surface area contributed by atoms with Crippen LogP contribution in [0.4, 0.5) is 0 Å². The quantitative estimate of drug-likeness (QED) is 0.653. The van der Waals surface area contributed by atoms with Crippen molar-refractivity contribution in [3.63, 3.8) is 0 Å². The molecule has 0 heterocycles. The number of ether oxygens (including phenoxy) is 1. The molecule has 0 spiro atoms. The SMILES string of the molecule is COC(=O)CC1(CS(=O)(=O)CCNC2CC2)CC1. The highest BCUT2D eigenvalue weighted by atomic mass is 32.2. The lowest BCUT2D eigenvalue weighted by molar-refractivity contribution is -0.141. The molecule has 0 aromatic heterocycles. The first-order valence-electron chi connectivity index (χ1n) is 6.45. The molecule has 2 saturated carbocycles. The summed E-state index contributed by atoms with van der Waals surface area (Å²) in [5.41, 5.74) is -0.328. The van der Waals surface area contributed by atoms with Crippen molar-refractivity contribution in [3.05, 3.63) is 0 Å². The Labute approximate surface area is 108 Å². The summed E-state index contributed by atoms with van der Waals surface area (Å²) in [5, 5.41) is 3.20. The van der Waals surface area contributed by atoms with E-state index in [1.807, 2.05) is 0 Å². The molecule has 2 aliphatic rings. The van der Waals surface area contributed by atoms with Gasteiger partial charge in [0.2, 0.25) is 0 Å². The number of hydrogen-bond donors (Lipinski definition) is 1. The summed E-state index contributed by atoms with van der Waals surface area (Å²) < 4.78 is 28.5. The van der Waals surface area contributed by atoms with Crippen LogP contribution in [0.25, 0.3) is 0 Å². The summed E-state index contributed by atoms with van der Waals surface area (Å²) in [6.45, 7) is 0.529. The van der Waals surface area contributed by atoms with Crippen molar-refractivity contribution in [2.45, 2.75) is 38.1 Å². The Balaban J connectivity index is 1.77. The zero-order valence-corrected chi connectivity index (χ0v) is 11.6. The van der Waals surface area contributed by atoms with Crippen molar-refractivity contribution in [1.82, 2.24) is 5.32 Å². The van der Waals surface area contributed by atoms with E-state index in [2.05, 4.69) is 10.1 Å². The molecule has 6 heteroatoms. The Hall–Kier alpha value is -0.620.